The second-order valence-electron chi connectivity index (χ2n) is 6.06. The number of rotatable bonds is 6. The van der Waals surface area contributed by atoms with Crippen molar-refractivity contribution in [2.24, 2.45) is 0 Å². The first-order valence-electron chi connectivity index (χ1n) is 8.38. The summed E-state index contributed by atoms with van der Waals surface area (Å²) in [6.07, 6.45) is -2.79. The number of aromatic carboxylic acids is 1. The average Bonchev–Trinajstić information content (AvgIpc) is 2.97. The third-order valence-electron chi connectivity index (χ3n) is 4.37. The largest absolute Gasteiger partial charge is 0.485 e. The van der Waals surface area contributed by atoms with E-state index in [9.17, 15) is 27.5 Å². The SMILES string of the molecule is CCc1c(C(F)F)cc(OCc2c(F)cccc2F)c2nc(C)c(C(=O)O)n12. The number of ether oxygens (including phenoxy) is 1. The van der Waals surface area contributed by atoms with Crippen LogP contribution in [0.5, 0.6) is 5.75 Å². The molecule has 1 N–H and O–H groups in total. The second kappa shape index (κ2) is 7.49. The Bertz CT molecular complexity index is 1040. The van der Waals surface area contributed by atoms with E-state index in [1.165, 1.54) is 13.0 Å². The summed E-state index contributed by atoms with van der Waals surface area (Å²) in [5, 5.41) is 9.49. The molecule has 0 atom stereocenters. The fourth-order valence-corrected chi connectivity index (χ4v) is 3.10. The topological polar surface area (TPSA) is 63.8 Å². The normalized spacial score (nSPS) is 11.4. The standard InChI is InChI=1S/C19H16F4N2O3/c1-3-14-10(17(22)23)7-15(18-24-9(2)16(19(26)27)25(14)18)28-8-11-12(20)5-4-6-13(11)21/h4-7,17H,3,8H2,1-2H3,(H,26,27). The number of carbonyl (C=O) groups is 1. The van der Waals surface area contributed by atoms with Crippen LogP contribution in [-0.4, -0.2) is 20.5 Å². The summed E-state index contributed by atoms with van der Waals surface area (Å²) in [5.74, 6) is -3.22. The maximum Gasteiger partial charge on any atom is 0.354 e. The van der Waals surface area contributed by atoms with Gasteiger partial charge in [-0.05, 0) is 31.5 Å². The van der Waals surface area contributed by atoms with Crippen molar-refractivity contribution < 1.29 is 32.2 Å². The van der Waals surface area contributed by atoms with Crippen molar-refractivity contribution in [1.82, 2.24) is 9.38 Å². The molecule has 0 saturated heterocycles. The summed E-state index contributed by atoms with van der Waals surface area (Å²) >= 11 is 0. The van der Waals surface area contributed by atoms with Crippen LogP contribution in [0.3, 0.4) is 0 Å². The zero-order valence-electron chi connectivity index (χ0n) is 15.0. The summed E-state index contributed by atoms with van der Waals surface area (Å²) < 4.78 is 61.4. The zero-order valence-corrected chi connectivity index (χ0v) is 15.0. The predicted molar refractivity (Wildman–Crippen MR) is 91.9 cm³/mol. The monoisotopic (exact) mass is 396 g/mol. The van der Waals surface area contributed by atoms with Crippen LogP contribution < -0.4 is 4.74 Å². The Morgan fingerprint density at radius 1 is 1.29 bits per heavy atom. The van der Waals surface area contributed by atoms with Gasteiger partial charge in [0.05, 0.1) is 11.3 Å². The lowest BCUT2D eigenvalue weighted by Crippen LogP contribution is -2.11. The molecule has 148 valence electrons. The van der Waals surface area contributed by atoms with E-state index >= 15 is 0 Å². The summed E-state index contributed by atoms with van der Waals surface area (Å²) in [6.45, 7) is 2.46. The van der Waals surface area contributed by atoms with Crippen molar-refractivity contribution in [2.75, 3.05) is 0 Å². The molecular formula is C19H16F4N2O3. The number of pyridine rings is 1. The van der Waals surface area contributed by atoms with Gasteiger partial charge >= 0.3 is 5.97 Å². The highest BCUT2D eigenvalue weighted by Gasteiger charge is 2.26. The Hall–Kier alpha value is -3.10. The van der Waals surface area contributed by atoms with Gasteiger partial charge in [-0.15, -0.1) is 0 Å². The van der Waals surface area contributed by atoms with Crippen molar-refractivity contribution in [3.05, 3.63) is 64.1 Å². The molecule has 2 aromatic heterocycles. The number of halogens is 4. The molecule has 9 heteroatoms. The molecule has 0 radical (unpaired) electrons. The third kappa shape index (κ3) is 3.28. The lowest BCUT2D eigenvalue weighted by Gasteiger charge is -2.16. The molecule has 3 rings (SSSR count). The Labute approximate surface area is 157 Å². The number of fused-ring (bicyclic) bond motifs is 1. The minimum absolute atomic E-state index is 0.00658. The summed E-state index contributed by atoms with van der Waals surface area (Å²) in [7, 11) is 0. The van der Waals surface area contributed by atoms with Crippen LogP contribution in [0.25, 0.3) is 5.65 Å². The molecule has 0 fully saturated rings. The number of nitrogens with zero attached hydrogens (tertiary/aromatic N) is 2. The molecule has 0 aliphatic carbocycles. The molecule has 2 heterocycles. The molecule has 0 bridgehead atoms. The lowest BCUT2D eigenvalue weighted by molar-refractivity contribution is 0.0687. The zero-order chi connectivity index (χ0) is 20.6. The van der Waals surface area contributed by atoms with E-state index in [0.717, 1.165) is 22.6 Å². The Kier molecular flexibility index (Phi) is 5.26. The van der Waals surface area contributed by atoms with E-state index < -0.39 is 36.2 Å². The van der Waals surface area contributed by atoms with Crippen molar-refractivity contribution in [3.63, 3.8) is 0 Å². The van der Waals surface area contributed by atoms with Crippen molar-refractivity contribution in [2.45, 2.75) is 33.3 Å². The van der Waals surface area contributed by atoms with Gasteiger partial charge in [0.1, 0.15) is 18.2 Å². The molecule has 1 aromatic carbocycles. The van der Waals surface area contributed by atoms with E-state index in [0.29, 0.717) is 0 Å². The maximum absolute atomic E-state index is 13.8. The first-order chi connectivity index (χ1) is 13.3. The molecule has 0 aliphatic heterocycles. The van der Waals surface area contributed by atoms with Crippen molar-refractivity contribution >= 4 is 11.6 Å². The van der Waals surface area contributed by atoms with Gasteiger partial charge in [-0.3, -0.25) is 4.40 Å². The number of aromatic nitrogens is 2. The molecule has 5 nitrogen and oxygen atoms in total. The van der Waals surface area contributed by atoms with Gasteiger partial charge in [0.15, 0.2) is 17.1 Å². The van der Waals surface area contributed by atoms with Gasteiger partial charge in [-0.25, -0.2) is 27.3 Å². The smallest absolute Gasteiger partial charge is 0.354 e. The highest BCUT2D eigenvalue weighted by molar-refractivity contribution is 5.89. The number of hydrogen-bond donors (Lipinski definition) is 1. The van der Waals surface area contributed by atoms with Gasteiger partial charge in [0.2, 0.25) is 0 Å². The molecule has 0 unspecified atom stereocenters. The maximum atomic E-state index is 13.8. The van der Waals surface area contributed by atoms with Crippen LogP contribution in [0, 0.1) is 18.6 Å². The molecular weight excluding hydrogens is 380 g/mol. The summed E-state index contributed by atoms with van der Waals surface area (Å²) in [4.78, 5) is 15.8. The first kappa shape index (κ1) is 19.7. The fraction of sp³-hybridized carbons (Fsp3) is 0.263. The summed E-state index contributed by atoms with van der Waals surface area (Å²) in [5.41, 5.74) is -0.897. The van der Waals surface area contributed by atoms with E-state index in [1.807, 2.05) is 0 Å². The van der Waals surface area contributed by atoms with Gasteiger partial charge < -0.3 is 9.84 Å². The molecule has 0 amide bonds. The first-order valence-corrected chi connectivity index (χ1v) is 8.38. The highest BCUT2D eigenvalue weighted by Crippen LogP contribution is 2.33. The Balaban J connectivity index is 2.20. The van der Waals surface area contributed by atoms with E-state index in [2.05, 4.69) is 4.98 Å². The lowest BCUT2D eigenvalue weighted by atomic mass is 10.1. The number of aryl methyl sites for hydroxylation is 2. The number of benzene rings is 1. The quantitative estimate of drug-likeness (QED) is 0.614. The minimum Gasteiger partial charge on any atom is -0.485 e. The van der Waals surface area contributed by atoms with Crippen LogP contribution in [0.15, 0.2) is 24.3 Å². The Morgan fingerprint density at radius 2 is 1.93 bits per heavy atom. The molecule has 0 aliphatic rings. The predicted octanol–water partition coefficient (Wildman–Crippen LogP) is 4.70. The van der Waals surface area contributed by atoms with Crippen LogP contribution in [-0.2, 0) is 13.0 Å². The van der Waals surface area contributed by atoms with Gasteiger partial charge in [-0.2, -0.15) is 0 Å². The number of hydrogen-bond acceptors (Lipinski definition) is 3. The molecule has 0 saturated carbocycles. The fourth-order valence-electron chi connectivity index (χ4n) is 3.10. The van der Waals surface area contributed by atoms with Crippen molar-refractivity contribution in [1.29, 1.82) is 0 Å². The number of carboxylic acids is 1. The number of carboxylic acid groups (broad SMARTS) is 1. The average molecular weight is 396 g/mol. The molecule has 0 spiro atoms. The molecule has 28 heavy (non-hydrogen) atoms. The summed E-state index contributed by atoms with van der Waals surface area (Å²) in [6, 6.07) is 4.32. The van der Waals surface area contributed by atoms with Crippen LogP contribution in [0.1, 0.15) is 46.4 Å². The van der Waals surface area contributed by atoms with Crippen molar-refractivity contribution in [3.8, 4) is 5.75 Å². The van der Waals surface area contributed by atoms with E-state index in [4.69, 9.17) is 4.74 Å². The van der Waals surface area contributed by atoms with Crippen LogP contribution in [0.2, 0.25) is 0 Å². The van der Waals surface area contributed by atoms with Crippen LogP contribution >= 0.6 is 0 Å². The Morgan fingerprint density at radius 3 is 2.46 bits per heavy atom. The third-order valence-corrected chi connectivity index (χ3v) is 4.37. The van der Waals surface area contributed by atoms with Gasteiger partial charge in [-0.1, -0.05) is 13.0 Å². The van der Waals surface area contributed by atoms with Gasteiger partial charge in [0.25, 0.3) is 6.43 Å². The van der Waals surface area contributed by atoms with E-state index in [1.54, 1.807) is 6.92 Å². The van der Waals surface area contributed by atoms with Gasteiger partial charge in [0, 0.05) is 11.3 Å². The second-order valence-corrected chi connectivity index (χ2v) is 6.06. The van der Waals surface area contributed by atoms with Crippen LogP contribution in [0.4, 0.5) is 17.6 Å². The minimum atomic E-state index is -2.91. The van der Waals surface area contributed by atoms with E-state index in [-0.39, 0.29) is 40.5 Å². The molecule has 3 aromatic rings. The number of alkyl halides is 2. The number of imidazole rings is 1. The highest BCUT2D eigenvalue weighted by atomic mass is 19.3.